The summed E-state index contributed by atoms with van der Waals surface area (Å²) in [5, 5.41) is 0. The Kier molecular flexibility index (Phi) is 2.70. The van der Waals surface area contributed by atoms with Crippen LogP contribution < -0.4 is 0 Å². The van der Waals surface area contributed by atoms with Gasteiger partial charge < -0.3 is 9.47 Å². The molecule has 4 heteroatoms. The highest BCUT2D eigenvalue weighted by molar-refractivity contribution is 6.01. The summed E-state index contributed by atoms with van der Waals surface area (Å²) >= 11 is 0. The van der Waals surface area contributed by atoms with Gasteiger partial charge in [-0.15, -0.1) is 6.58 Å². The maximum Gasteiger partial charge on any atom is 0.326 e. The molecule has 1 aliphatic rings. The summed E-state index contributed by atoms with van der Waals surface area (Å²) in [5.74, 6) is -1.02. The first-order chi connectivity index (χ1) is 6.17. The van der Waals surface area contributed by atoms with E-state index in [-0.39, 0.29) is 13.2 Å². The number of ether oxygens (including phenoxy) is 2. The number of carbonyl (C=O) groups excluding carboxylic acids is 2. The smallest absolute Gasteiger partial charge is 0.326 e. The number of hydrogen-bond acceptors (Lipinski definition) is 4. The third-order valence-corrected chi connectivity index (χ3v) is 2.26. The molecular formula is C9H12O4. The van der Waals surface area contributed by atoms with Crippen molar-refractivity contribution in [3.8, 4) is 0 Å². The highest BCUT2D eigenvalue weighted by atomic mass is 16.7. The number of rotatable bonds is 3. The number of hydrogen-bond donors (Lipinski definition) is 0. The van der Waals surface area contributed by atoms with Crippen molar-refractivity contribution >= 4 is 11.9 Å². The minimum atomic E-state index is -1.15. The van der Waals surface area contributed by atoms with Gasteiger partial charge in [0.2, 0.25) is 6.79 Å². The normalized spacial score (nSPS) is 20.4. The molecule has 0 aromatic heterocycles. The summed E-state index contributed by atoms with van der Waals surface area (Å²) < 4.78 is 9.36. The molecule has 0 aromatic rings. The minimum Gasteiger partial charge on any atom is -0.427 e. The van der Waals surface area contributed by atoms with Crippen LogP contribution in [0.15, 0.2) is 12.7 Å². The lowest BCUT2D eigenvalue weighted by molar-refractivity contribution is -0.201. The number of carbonyl (C=O) groups is 2. The highest BCUT2D eigenvalue weighted by Crippen LogP contribution is 2.32. The fourth-order valence-corrected chi connectivity index (χ4v) is 1.34. The lowest BCUT2D eigenvalue weighted by Gasteiger charge is -2.30. The molecule has 0 saturated carbocycles. The van der Waals surface area contributed by atoms with Crippen LogP contribution in [0.5, 0.6) is 0 Å². The molecule has 13 heavy (non-hydrogen) atoms. The third kappa shape index (κ3) is 1.43. The van der Waals surface area contributed by atoms with E-state index in [2.05, 4.69) is 16.1 Å². The van der Waals surface area contributed by atoms with E-state index >= 15 is 0 Å². The van der Waals surface area contributed by atoms with E-state index in [1.54, 1.807) is 6.92 Å². The minimum absolute atomic E-state index is 0.265. The molecule has 0 amide bonds. The molecule has 1 rings (SSSR count). The van der Waals surface area contributed by atoms with Crippen LogP contribution in [0.4, 0.5) is 0 Å². The third-order valence-electron chi connectivity index (χ3n) is 2.26. The van der Waals surface area contributed by atoms with E-state index in [1.165, 1.54) is 6.08 Å². The standard InChI is InChI=1S/C9H12O4/c1-3-5-9(4-2)7(10)12-6-13-8(9)11/h3H,1,4-6H2,2H3. The van der Waals surface area contributed by atoms with Gasteiger partial charge in [0, 0.05) is 0 Å². The van der Waals surface area contributed by atoms with Crippen LogP contribution in [-0.4, -0.2) is 18.7 Å². The van der Waals surface area contributed by atoms with E-state index in [9.17, 15) is 9.59 Å². The zero-order valence-electron chi connectivity index (χ0n) is 7.54. The van der Waals surface area contributed by atoms with Gasteiger partial charge in [-0.1, -0.05) is 13.0 Å². The summed E-state index contributed by atoms with van der Waals surface area (Å²) in [7, 11) is 0. The van der Waals surface area contributed by atoms with Gasteiger partial charge in [-0.05, 0) is 12.8 Å². The van der Waals surface area contributed by atoms with Crippen LogP contribution in [-0.2, 0) is 19.1 Å². The Morgan fingerprint density at radius 1 is 1.46 bits per heavy atom. The number of esters is 2. The van der Waals surface area contributed by atoms with Crippen molar-refractivity contribution in [3.63, 3.8) is 0 Å². The van der Waals surface area contributed by atoms with Crippen molar-refractivity contribution in [2.45, 2.75) is 19.8 Å². The Hall–Kier alpha value is -1.32. The SMILES string of the molecule is C=CCC1(CC)C(=O)OCOC1=O. The Bertz CT molecular complexity index is 228. The lowest BCUT2D eigenvalue weighted by Crippen LogP contribution is -2.45. The van der Waals surface area contributed by atoms with E-state index in [0.29, 0.717) is 6.42 Å². The van der Waals surface area contributed by atoms with Crippen LogP contribution in [0.3, 0.4) is 0 Å². The lowest BCUT2D eigenvalue weighted by atomic mass is 9.81. The van der Waals surface area contributed by atoms with E-state index in [1.807, 2.05) is 0 Å². The van der Waals surface area contributed by atoms with E-state index < -0.39 is 17.4 Å². The molecule has 0 bridgehead atoms. The molecule has 0 N–H and O–H groups in total. The quantitative estimate of drug-likeness (QED) is 0.373. The van der Waals surface area contributed by atoms with Crippen LogP contribution in [0.2, 0.25) is 0 Å². The fourth-order valence-electron chi connectivity index (χ4n) is 1.34. The fraction of sp³-hybridized carbons (Fsp3) is 0.556. The molecule has 4 nitrogen and oxygen atoms in total. The summed E-state index contributed by atoms with van der Waals surface area (Å²) in [4.78, 5) is 22.8. The van der Waals surface area contributed by atoms with E-state index in [4.69, 9.17) is 0 Å². The second kappa shape index (κ2) is 3.60. The van der Waals surface area contributed by atoms with Gasteiger partial charge in [0.25, 0.3) is 0 Å². The van der Waals surface area contributed by atoms with E-state index in [0.717, 1.165) is 0 Å². The van der Waals surface area contributed by atoms with Gasteiger partial charge in [-0.2, -0.15) is 0 Å². The Labute approximate surface area is 76.5 Å². The average Bonchev–Trinajstić information content (AvgIpc) is 2.12. The summed E-state index contributed by atoms with van der Waals surface area (Å²) in [6.07, 6.45) is 2.16. The monoisotopic (exact) mass is 184 g/mol. The predicted molar refractivity (Wildman–Crippen MR) is 44.6 cm³/mol. The molecule has 72 valence electrons. The Morgan fingerprint density at radius 3 is 2.38 bits per heavy atom. The van der Waals surface area contributed by atoms with Gasteiger partial charge >= 0.3 is 11.9 Å². The first-order valence-electron chi connectivity index (χ1n) is 4.12. The zero-order chi connectivity index (χ0) is 9.90. The molecule has 1 heterocycles. The van der Waals surface area contributed by atoms with Crippen LogP contribution >= 0.6 is 0 Å². The molecule has 0 aliphatic carbocycles. The first-order valence-corrected chi connectivity index (χ1v) is 4.12. The zero-order valence-corrected chi connectivity index (χ0v) is 7.54. The van der Waals surface area contributed by atoms with Gasteiger partial charge in [0.1, 0.15) is 0 Å². The van der Waals surface area contributed by atoms with Crippen molar-refractivity contribution in [1.29, 1.82) is 0 Å². The number of allylic oxidation sites excluding steroid dienone is 1. The predicted octanol–water partition coefficient (Wildman–Crippen LogP) is 1.02. The molecule has 0 atom stereocenters. The molecule has 1 saturated heterocycles. The second-order valence-corrected chi connectivity index (χ2v) is 2.91. The van der Waals surface area contributed by atoms with Gasteiger partial charge in [-0.25, -0.2) is 0 Å². The molecule has 0 unspecified atom stereocenters. The summed E-state index contributed by atoms with van der Waals surface area (Å²) in [6, 6.07) is 0. The largest absolute Gasteiger partial charge is 0.427 e. The highest BCUT2D eigenvalue weighted by Gasteiger charge is 2.49. The van der Waals surface area contributed by atoms with Crippen LogP contribution in [0, 0.1) is 5.41 Å². The van der Waals surface area contributed by atoms with Crippen molar-refractivity contribution < 1.29 is 19.1 Å². The molecule has 0 aromatic carbocycles. The summed E-state index contributed by atoms with van der Waals surface area (Å²) in [5.41, 5.74) is -1.15. The molecule has 1 aliphatic heterocycles. The Morgan fingerprint density at radius 2 is 2.00 bits per heavy atom. The number of cyclic esters (lactones) is 2. The van der Waals surface area contributed by atoms with Gasteiger partial charge in [-0.3, -0.25) is 9.59 Å². The first kappa shape index (κ1) is 9.77. The topological polar surface area (TPSA) is 52.6 Å². The summed E-state index contributed by atoms with van der Waals surface area (Å²) in [6.45, 7) is 4.98. The Balaban J connectivity index is 2.95. The van der Waals surface area contributed by atoms with Gasteiger partial charge in [0.15, 0.2) is 5.41 Å². The van der Waals surface area contributed by atoms with Crippen molar-refractivity contribution in [3.05, 3.63) is 12.7 Å². The van der Waals surface area contributed by atoms with Gasteiger partial charge in [0.05, 0.1) is 0 Å². The van der Waals surface area contributed by atoms with Crippen molar-refractivity contribution in [1.82, 2.24) is 0 Å². The van der Waals surface area contributed by atoms with Crippen LogP contribution in [0.25, 0.3) is 0 Å². The maximum absolute atomic E-state index is 11.4. The molecule has 1 fully saturated rings. The maximum atomic E-state index is 11.4. The average molecular weight is 184 g/mol. The molecular weight excluding hydrogens is 172 g/mol. The van der Waals surface area contributed by atoms with Crippen molar-refractivity contribution in [2.24, 2.45) is 5.41 Å². The molecule has 0 radical (unpaired) electrons. The van der Waals surface area contributed by atoms with Crippen molar-refractivity contribution in [2.75, 3.05) is 6.79 Å². The van der Waals surface area contributed by atoms with Crippen LogP contribution in [0.1, 0.15) is 19.8 Å². The molecule has 0 spiro atoms. The second-order valence-electron chi connectivity index (χ2n) is 2.91.